The molecule has 0 aliphatic carbocycles. The van der Waals surface area contributed by atoms with E-state index < -0.39 is 29.5 Å². The topological polar surface area (TPSA) is 66.8 Å². The zero-order valence-electron chi connectivity index (χ0n) is 12.2. The third kappa shape index (κ3) is 1.75. The first-order valence-corrected chi connectivity index (χ1v) is 7.44. The molecule has 3 heterocycles. The molecule has 0 unspecified atom stereocenters. The molecular weight excluding hydrogens is 282 g/mol. The fourth-order valence-corrected chi connectivity index (χ4v) is 3.91. The lowest BCUT2D eigenvalue weighted by molar-refractivity contribution is -0.148. The molecule has 1 aromatic carbocycles. The largest absolute Gasteiger partial charge is 0.481 e. The highest BCUT2D eigenvalue weighted by atomic mass is 16.5. The molecule has 114 valence electrons. The number of carboxylic acids is 1. The molecule has 0 radical (unpaired) electrons. The molecule has 4 rings (SSSR count). The van der Waals surface area contributed by atoms with E-state index in [2.05, 4.69) is 0 Å². The van der Waals surface area contributed by atoms with Gasteiger partial charge in [-0.2, -0.15) is 0 Å². The molecule has 3 aliphatic rings. The number of ether oxygens (including phenoxy) is 1. The number of likely N-dealkylation sites (tertiary alicyclic amines) is 1. The summed E-state index contributed by atoms with van der Waals surface area (Å²) in [4.78, 5) is 25.9. The maximum Gasteiger partial charge on any atom is 0.310 e. The molecule has 2 fully saturated rings. The van der Waals surface area contributed by atoms with Gasteiger partial charge in [0.25, 0.3) is 0 Å². The minimum absolute atomic E-state index is 0.111. The second-order valence-electron chi connectivity index (χ2n) is 6.42. The quantitative estimate of drug-likeness (QED) is 0.856. The van der Waals surface area contributed by atoms with Crippen molar-refractivity contribution in [2.24, 2.45) is 11.8 Å². The molecule has 1 amide bonds. The third-order valence-corrected chi connectivity index (χ3v) is 4.96. The van der Waals surface area contributed by atoms with Crippen LogP contribution in [0, 0.1) is 18.8 Å². The first-order chi connectivity index (χ1) is 10.5. The van der Waals surface area contributed by atoms with Crippen LogP contribution in [0.4, 0.5) is 0 Å². The van der Waals surface area contributed by atoms with Crippen molar-refractivity contribution in [2.45, 2.75) is 25.2 Å². The van der Waals surface area contributed by atoms with Crippen LogP contribution in [0.25, 0.3) is 0 Å². The predicted octanol–water partition coefficient (Wildman–Crippen LogP) is 1.36. The number of carbonyl (C=O) groups is 2. The van der Waals surface area contributed by atoms with Crippen LogP contribution < -0.4 is 0 Å². The zero-order valence-corrected chi connectivity index (χ0v) is 12.2. The highest BCUT2D eigenvalue weighted by Crippen LogP contribution is 2.52. The number of hydrogen-bond acceptors (Lipinski definition) is 3. The SMILES string of the molecule is Cc1ccc(CN2C[C@@]34C=C[C@@H](O3)[C@H](C(=O)O)[C@@H]4C2=O)cc1. The van der Waals surface area contributed by atoms with Crippen molar-refractivity contribution in [3.8, 4) is 0 Å². The Balaban J connectivity index is 1.61. The van der Waals surface area contributed by atoms with Gasteiger partial charge >= 0.3 is 5.97 Å². The van der Waals surface area contributed by atoms with Gasteiger partial charge in [0.2, 0.25) is 5.91 Å². The van der Waals surface area contributed by atoms with E-state index in [4.69, 9.17) is 4.74 Å². The zero-order chi connectivity index (χ0) is 15.5. The van der Waals surface area contributed by atoms with E-state index in [9.17, 15) is 14.7 Å². The third-order valence-electron chi connectivity index (χ3n) is 4.96. The number of aryl methyl sites for hydroxylation is 1. The van der Waals surface area contributed by atoms with E-state index in [0.29, 0.717) is 13.1 Å². The normalized spacial score (nSPS) is 35.2. The average Bonchev–Trinajstić information content (AvgIpc) is 3.10. The summed E-state index contributed by atoms with van der Waals surface area (Å²) in [6.07, 6.45) is 3.21. The lowest BCUT2D eigenvalue weighted by Gasteiger charge is -2.21. The highest BCUT2D eigenvalue weighted by Gasteiger charge is 2.66. The van der Waals surface area contributed by atoms with Gasteiger partial charge in [0.15, 0.2) is 0 Å². The Kier molecular flexibility index (Phi) is 2.72. The summed E-state index contributed by atoms with van der Waals surface area (Å²) in [5, 5.41) is 9.42. The molecule has 1 spiro atoms. The van der Waals surface area contributed by atoms with Crippen LogP contribution >= 0.6 is 0 Å². The lowest BCUT2D eigenvalue weighted by Crippen LogP contribution is -2.39. The number of aliphatic carboxylic acids is 1. The van der Waals surface area contributed by atoms with Crippen LogP contribution in [0.5, 0.6) is 0 Å². The molecular formula is C17H17NO4. The van der Waals surface area contributed by atoms with Crippen LogP contribution in [0.15, 0.2) is 36.4 Å². The average molecular weight is 299 g/mol. The molecule has 22 heavy (non-hydrogen) atoms. The van der Waals surface area contributed by atoms with Crippen LogP contribution in [-0.2, 0) is 20.9 Å². The van der Waals surface area contributed by atoms with Gasteiger partial charge in [-0.15, -0.1) is 0 Å². The van der Waals surface area contributed by atoms with Crippen molar-refractivity contribution in [3.63, 3.8) is 0 Å². The number of hydrogen-bond donors (Lipinski definition) is 1. The van der Waals surface area contributed by atoms with E-state index in [0.717, 1.165) is 5.56 Å². The first-order valence-electron chi connectivity index (χ1n) is 7.44. The Morgan fingerprint density at radius 3 is 2.82 bits per heavy atom. The Labute approximate surface area is 128 Å². The van der Waals surface area contributed by atoms with Crippen molar-refractivity contribution in [2.75, 3.05) is 6.54 Å². The summed E-state index contributed by atoms with van der Waals surface area (Å²) in [6, 6.07) is 8.02. The summed E-state index contributed by atoms with van der Waals surface area (Å²) in [6.45, 7) is 2.94. The van der Waals surface area contributed by atoms with Crippen LogP contribution in [0.3, 0.4) is 0 Å². The number of fused-ring (bicyclic) bond motifs is 1. The predicted molar refractivity (Wildman–Crippen MR) is 78.0 cm³/mol. The Morgan fingerprint density at radius 2 is 2.14 bits per heavy atom. The van der Waals surface area contributed by atoms with Gasteiger partial charge < -0.3 is 14.7 Å². The molecule has 2 saturated heterocycles. The number of carboxylic acid groups (broad SMARTS) is 1. The maximum atomic E-state index is 12.7. The lowest BCUT2D eigenvalue weighted by atomic mass is 9.77. The molecule has 5 heteroatoms. The number of benzene rings is 1. The van der Waals surface area contributed by atoms with Crippen LogP contribution in [-0.4, -0.2) is 40.1 Å². The van der Waals surface area contributed by atoms with Crippen LogP contribution in [0.2, 0.25) is 0 Å². The number of carbonyl (C=O) groups excluding carboxylic acids is 1. The summed E-state index contributed by atoms with van der Waals surface area (Å²) in [7, 11) is 0. The van der Waals surface area contributed by atoms with Gasteiger partial charge in [-0.1, -0.05) is 42.0 Å². The van der Waals surface area contributed by atoms with Gasteiger partial charge in [-0.3, -0.25) is 9.59 Å². The van der Waals surface area contributed by atoms with Crippen molar-refractivity contribution in [1.29, 1.82) is 0 Å². The molecule has 1 aromatic rings. The minimum atomic E-state index is -0.952. The summed E-state index contributed by atoms with van der Waals surface area (Å²) >= 11 is 0. The van der Waals surface area contributed by atoms with Gasteiger partial charge in [0.1, 0.15) is 11.5 Å². The monoisotopic (exact) mass is 299 g/mol. The number of rotatable bonds is 3. The minimum Gasteiger partial charge on any atom is -0.481 e. The molecule has 5 nitrogen and oxygen atoms in total. The van der Waals surface area contributed by atoms with Gasteiger partial charge in [0.05, 0.1) is 18.6 Å². The van der Waals surface area contributed by atoms with Crippen molar-refractivity contribution in [1.82, 2.24) is 4.90 Å². The van der Waals surface area contributed by atoms with Crippen molar-refractivity contribution in [3.05, 3.63) is 47.5 Å². The maximum absolute atomic E-state index is 12.7. The smallest absolute Gasteiger partial charge is 0.310 e. The molecule has 0 saturated carbocycles. The van der Waals surface area contributed by atoms with E-state index in [-0.39, 0.29) is 5.91 Å². The van der Waals surface area contributed by atoms with Gasteiger partial charge in [0, 0.05) is 6.54 Å². The van der Waals surface area contributed by atoms with E-state index in [1.54, 1.807) is 11.0 Å². The summed E-state index contributed by atoms with van der Waals surface area (Å²) in [5.74, 6) is -2.42. The van der Waals surface area contributed by atoms with Crippen LogP contribution in [0.1, 0.15) is 11.1 Å². The van der Waals surface area contributed by atoms with E-state index in [1.165, 1.54) is 5.56 Å². The van der Waals surface area contributed by atoms with E-state index >= 15 is 0 Å². The fraction of sp³-hybridized carbons (Fsp3) is 0.412. The van der Waals surface area contributed by atoms with Gasteiger partial charge in [-0.05, 0) is 12.5 Å². The summed E-state index contributed by atoms with van der Waals surface area (Å²) < 4.78 is 5.86. The van der Waals surface area contributed by atoms with Crippen molar-refractivity contribution < 1.29 is 19.4 Å². The van der Waals surface area contributed by atoms with E-state index in [1.807, 2.05) is 37.3 Å². The number of amides is 1. The standard InChI is InChI=1S/C17H17NO4/c1-10-2-4-11(5-3-10)8-18-9-17-7-6-12(22-17)13(16(20)21)14(17)15(18)19/h2-7,12-14H,8-9H2,1H3,(H,20,21)/t12-,13+,14-,17-/m1/s1. The molecule has 1 N–H and O–H groups in total. The Morgan fingerprint density at radius 1 is 1.41 bits per heavy atom. The molecule has 2 bridgehead atoms. The first kappa shape index (κ1) is 13.5. The second-order valence-corrected chi connectivity index (χ2v) is 6.42. The molecule has 4 atom stereocenters. The van der Waals surface area contributed by atoms with Gasteiger partial charge in [-0.25, -0.2) is 0 Å². The molecule has 3 aliphatic heterocycles. The van der Waals surface area contributed by atoms with Crippen molar-refractivity contribution >= 4 is 11.9 Å². The Bertz CT molecular complexity index is 680. The Hall–Kier alpha value is -2.14. The number of nitrogens with zero attached hydrogens (tertiary/aromatic N) is 1. The summed E-state index contributed by atoms with van der Waals surface area (Å²) in [5.41, 5.74) is 1.47. The molecule has 0 aromatic heterocycles. The fourth-order valence-electron chi connectivity index (χ4n) is 3.91. The highest BCUT2D eigenvalue weighted by molar-refractivity contribution is 5.90. The second kappa shape index (κ2) is 4.43.